The summed E-state index contributed by atoms with van der Waals surface area (Å²) in [6.45, 7) is 2.32. The Labute approximate surface area is 146 Å². The molecule has 1 aromatic carbocycles. The molecule has 0 unspecified atom stereocenters. The minimum absolute atomic E-state index is 0.271. The molecule has 2 aromatic heterocycles. The molecule has 0 aliphatic rings. The first kappa shape index (κ1) is 16.6. The highest BCUT2D eigenvalue weighted by molar-refractivity contribution is 5.83. The molecule has 0 spiro atoms. The van der Waals surface area contributed by atoms with Crippen LogP contribution in [0.5, 0.6) is 11.5 Å². The molecule has 0 saturated heterocycles. The first-order valence-corrected chi connectivity index (χ1v) is 7.84. The van der Waals surface area contributed by atoms with Gasteiger partial charge in [-0.3, -0.25) is 14.8 Å². The Morgan fingerprint density at radius 2 is 1.88 bits per heavy atom. The lowest BCUT2D eigenvalue weighted by atomic mass is 10.0. The van der Waals surface area contributed by atoms with Gasteiger partial charge in [0, 0.05) is 17.3 Å². The molecular weight excluding hydrogens is 316 g/mol. The number of rotatable bonds is 6. The van der Waals surface area contributed by atoms with Crippen LogP contribution in [0.25, 0.3) is 11.3 Å². The lowest BCUT2D eigenvalue weighted by molar-refractivity contribution is 0.111. The van der Waals surface area contributed by atoms with E-state index in [0.717, 1.165) is 22.4 Å². The number of pyridine rings is 2. The normalized spacial score (nSPS) is 10.3. The highest BCUT2D eigenvalue weighted by Crippen LogP contribution is 2.28. The van der Waals surface area contributed by atoms with E-state index in [0.29, 0.717) is 23.3 Å². The van der Waals surface area contributed by atoms with E-state index in [9.17, 15) is 4.79 Å². The van der Waals surface area contributed by atoms with Crippen molar-refractivity contribution in [2.24, 2.45) is 0 Å². The standard InChI is InChI=1S/C20H18N2O3/c1-14-6-3-4-8-16(14)20-15(7-5-9-22-20)13-25-19-11-21-10-18(24-2)17(19)12-23/h3-12H,13H2,1-2H3. The third-order valence-electron chi connectivity index (χ3n) is 3.93. The predicted octanol–water partition coefficient (Wildman–Crippen LogP) is 3.85. The van der Waals surface area contributed by atoms with Crippen molar-refractivity contribution in [3.05, 3.63) is 71.7 Å². The molecule has 25 heavy (non-hydrogen) atoms. The minimum atomic E-state index is 0.271. The van der Waals surface area contributed by atoms with Crippen LogP contribution in [0.15, 0.2) is 55.0 Å². The largest absolute Gasteiger partial charge is 0.494 e. The van der Waals surface area contributed by atoms with Crippen LogP contribution in [0.1, 0.15) is 21.5 Å². The summed E-state index contributed by atoms with van der Waals surface area (Å²) in [4.78, 5) is 19.9. The fourth-order valence-corrected chi connectivity index (χ4v) is 2.62. The van der Waals surface area contributed by atoms with Crippen molar-refractivity contribution in [1.82, 2.24) is 9.97 Å². The van der Waals surface area contributed by atoms with Crippen LogP contribution in [-0.2, 0) is 6.61 Å². The van der Waals surface area contributed by atoms with Crippen LogP contribution in [0, 0.1) is 6.92 Å². The van der Waals surface area contributed by atoms with E-state index in [4.69, 9.17) is 9.47 Å². The van der Waals surface area contributed by atoms with Crippen molar-refractivity contribution in [3.8, 4) is 22.8 Å². The predicted molar refractivity (Wildman–Crippen MR) is 94.9 cm³/mol. The molecule has 5 nitrogen and oxygen atoms in total. The molecule has 3 rings (SSSR count). The summed E-state index contributed by atoms with van der Waals surface area (Å²) in [6.07, 6.45) is 5.46. The van der Waals surface area contributed by atoms with E-state index in [1.165, 1.54) is 19.5 Å². The second-order valence-electron chi connectivity index (χ2n) is 5.49. The number of methoxy groups -OCH3 is 1. The van der Waals surface area contributed by atoms with Crippen molar-refractivity contribution in [1.29, 1.82) is 0 Å². The van der Waals surface area contributed by atoms with E-state index >= 15 is 0 Å². The number of carbonyl (C=O) groups is 1. The summed E-state index contributed by atoms with van der Waals surface area (Å²) >= 11 is 0. The van der Waals surface area contributed by atoms with E-state index in [1.54, 1.807) is 6.20 Å². The van der Waals surface area contributed by atoms with Crippen molar-refractivity contribution >= 4 is 6.29 Å². The number of aryl methyl sites for hydroxylation is 1. The van der Waals surface area contributed by atoms with Crippen LogP contribution in [0.4, 0.5) is 0 Å². The Hall–Kier alpha value is -3.21. The molecule has 0 aliphatic carbocycles. The lowest BCUT2D eigenvalue weighted by Crippen LogP contribution is -2.03. The molecule has 0 bridgehead atoms. The van der Waals surface area contributed by atoms with Gasteiger partial charge in [0.15, 0.2) is 17.8 Å². The number of aromatic nitrogens is 2. The van der Waals surface area contributed by atoms with Gasteiger partial charge in [-0.2, -0.15) is 0 Å². The highest BCUT2D eigenvalue weighted by Gasteiger charge is 2.13. The summed E-state index contributed by atoms with van der Waals surface area (Å²) in [5, 5.41) is 0. The van der Waals surface area contributed by atoms with Crippen LogP contribution in [0.3, 0.4) is 0 Å². The fourth-order valence-electron chi connectivity index (χ4n) is 2.62. The maximum absolute atomic E-state index is 11.4. The smallest absolute Gasteiger partial charge is 0.157 e. The van der Waals surface area contributed by atoms with E-state index in [1.807, 2.05) is 43.3 Å². The topological polar surface area (TPSA) is 61.3 Å². The molecule has 0 saturated carbocycles. The van der Waals surface area contributed by atoms with Crippen molar-refractivity contribution in [2.45, 2.75) is 13.5 Å². The van der Waals surface area contributed by atoms with Crippen LogP contribution >= 0.6 is 0 Å². The Bertz CT molecular complexity index is 894. The molecule has 5 heteroatoms. The molecule has 3 aromatic rings. The van der Waals surface area contributed by atoms with Crippen molar-refractivity contribution < 1.29 is 14.3 Å². The quantitative estimate of drug-likeness (QED) is 0.641. The first-order chi connectivity index (χ1) is 12.2. The molecule has 0 aliphatic heterocycles. The lowest BCUT2D eigenvalue weighted by Gasteiger charge is -2.13. The van der Waals surface area contributed by atoms with Crippen LogP contribution in [0.2, 0.25) is 0 Å². The maximum atomic E-state index is 11.4. The maximum Gasteiger partial charge on any atom is 0.157 e. The second kappa shape index (κ2) is 7.57. The van der Waals surface area contributed by atoms with Gasteiger partial charge in [-0.1, -0.05) is 30.3 Å². The monoisotopic (exact) mass is 334 g/mol. The zero-order chi connectivity index (χ0) is 17.6. The van der Waals surface area contributed by atoms with Crippen molar-refractivity contribution in [3.63, 3.8) is 0 Å². The van der Waals surface area contributed by atoms with Crippen molar-refractivity contribution in [2.75, 3.05) is 7.11 Å². The van der Waals surface area contributed by atoms with Gasteiger partial charge in [-0.05, 0) is 18.6 Å². The van der Waals surface area contributed by atoms with Gasteiger partial charge in [-0.25, -0.2) is 0 Å². The van der Waals surface area contributed by atoms with Gasteiger partial charge in [0.05, 0.1) is 25.2 Å². The summed E-state index contributed by atoms with van der Waals surface area (Å²) in [5.41, 5.74) is 4.33. The zero-order valence-electron chi connectivity index (χ0n) is 14.1. The molecule has 0 amide bonds. The Balaban J connectivity index is 1.91. The molecular formula is C20H18N2O3. The van der Waals surface area contributed by atoms with E-state index in [2.05, 4.69) is 9.97 Å². The Morgan fingerprint density at radius 3 is 2.64 bits per heavy atom. The van der Waals surface area contributed by atoms with Gasteiger partial charge < -0.3 is 9.47 Å². The van der Waals surface area contributed by atoms with E-state index in [-0.39, 0.29) is 6.61 Å². The molecule has 0 radical (unpaired) electrons. The third kappa shape index (κ3) is 3.50. The Kier molecular flexibility index (Phi) is 5.04. The van der Waals surface area contributed by atoms with E-state index < -0.39 is 0 Å². The summed E-state index contributed by atoms with van der Waals surface area (Å²) < 4.78 is 11.0. The second-order valence-corrected chi connectivity index (χ2v) is 5.49. The van der Waals surface area contributed by atoms with Gasteiger partial charge in [0.2, 0.25) is 0 Å². The van der Waals surface area contributed by atoms with Crippen LogP contribution < -0.4 is 9.47 Å². The van der Waals surface area contributed by atoms with Gasteiger partial charge in [0.25, 0.3) is 0 Å². The highest BCUT2D eigenvalue weighted by atomic mass is 16.5. The third-order valence-corrected chi connectivity index (χ3v) is 3.93. The fraction of sp³-hybridized carbons (Fsp3) is 0.150. The number of aldehydes is 1. The first-order valence-electron chi connectivity index (χ1n) is 7.84. The number of ether oxygens (including phenoxy) is 2. The average Bonchev–Trinajstić information content (AvgIpc) is 2.66. The van der Waals surface area contributed by atoms with Gasteiger partial charge in [0.1, 0.15) is 12.2 Å². The van der Waals surface area contributed by atoms with Gasteiger partial charge >= 0.3 is 0 Å². The molecule has 126 valence electrons. The van der Waals surface area contributed by atoms with Gasteiger partial charge in [-0.15, -0.1) is 0 Å². The molecule has 0 atom stereocenters. The summed E-state index contributed by atoms with van der Waals surface area (Å²) in [5.74, 6) is 0.770. The summed E-state index contributed by atoms with van der Waals surface area (Å²) in [6, 6.07) is 11.9. The minimum Gasteiger partial charge on any atom is -0.494 e. The average molecular weight is 334 g/mol. The number of hydrogen-bond donors (Lipinski definition) is 0. The Morgan fingerprint density at radius 1 is 1.08 bits per heavy atom. The summed E-state index contributed by atoms with van der Waals surface area (Å²) in [7, 11) is 1.49. The molecule has 2 heterocycles. The van der Waals surface area contributed by atoms with Crippen LogP contribution in [-0.4, -0.2) is 23.4 Å². The number of nitrogens with zero attached hydrogens (tertiary/aromatic N) is 2. The zero-order valence-corrected chi connectivity index (χ0v) is 14.1. The number of hydrogen-bond acceptors (Lipinski definition) is 5. The SMILES string of the molecule is COc1cncc(OCc2cccnc2-c2ccccc2C)c1C=O. The number of carbonyl (C=O) groups excluding carboxylic acids is 1. The molecule has 0 fully saturated rings. The number of benzene rings is 1. The molecule has 0 N–H and O–H groups in total.